The van der Waals surface area contributed by atoms with Gasteiger partial charge in [0.05, 0.1) is 0 Å². The SMILES string of the molecule is ClC1C(Cl)(Cl)C(Cl)(Cl)C(Cl)(Cl)C(Cl)(Cl)C(Cl)(Cl)C(Cl)(Cl)C(Cl)(Cl)C(Cl)(Cl)C1(Cl)Cl. The van der Waals surface area contributed by atoms with Crippen LogP contribution in [-0.4, -0.2) is 44.4 Å². The van der Waals surface area contributed by atoms with E-state index < -0.39 is 44.4 Å². The third kappa shape index (κ3) is 4.15. The van der Waals surface area contributed by atoms with Gasteiger partial charge in [0, 0.05) is 0 Å². The predicted octanol–water partition coefficient (Wildman–Crippen LogP) is 11.2. The van der Waals surface area contributed by atoms with Gasteiger partial charge >= 0.3 is 0 Å². The Morgan fingerprint density at radius 1 is 0.276 bits per heavy atom. The monoisotopic (exact) mass is 785 g/mol. The number of rotatable bonds is 0. The first-order valence-corrected chi connectivity index (χ1v) is 13.4. The second-order valence-electron chi connectivity index (χ2n) is 5.63. The average Bonchev–Trinajstić information content (AvgIpc) is 2.51. The van der Waals surface area contributed by atoms with E-state index in [2.05, 4.69) is 0 Å². The predicted molar refractivity (Wildman–Crippen MR) is 140 cm³/mol. The highest BCUT2D eigenvalue weighted by molar-refractivity contribution is 6.82. The van der Waals surface area contributed by atoms with Gasteiger partial charge in [-0.2, -0.15) is 0 Å². The minimum atomic E-state index is -3.00. The molecule has 0 bridgehead atoms. The molecule has 0 aromatic rings. The summed E-state index contributed by atoms with van der Waals surface area (Å²) in [4.78, 5) is 0. The maximum absolute atomic E-state index is 6.26. The maximum Gasteiger partial charge on any atom is 0.189 e. The molecule has 174 valence electrons. The standard InChI is InChI=1S/C10HCl19/c11-1-2(12,13)4(16,17)6(20,21)8(24,25)10(28,29)9(26,27)7(22,23)5(18,19)3(1,14)15/h1H. The molecule has 0 heterocycles. The Hall–Kier alpha value is 5.51. The molecular weight excluding hydrogens is 794 g/mol. The largest absolute Gasteiger partial charge is 0.189 e. The van der Waals surface area contributed by atoms with E-state index in [1.165, 1.54) is 0 Å². The summed E-state index contributed by atoms with van der Waals surface area (Å²) in [5.41, 5.74) is 0. The van der Waals surface area contributed by atoms with Crippen molar-refractivity contribution in [1.29, 1.82) is 0 Å². The van der Waals surface area contributed by atoms with Gasteiger partial charge in [-0.1, -0.05) is 209 Å². The van der Waals surface area contributed by atoms with Crippen LogP contribution in [-0.2, 0) is 0 Å². The highest BCUT2D eigenvalue weighted by Crippen LogP contribution is 2.76. The van der Waals surface area contributed by atoms with Crippen LogP contribution in [0.3, 0.4) is 0 Å². The Labute approximate surface area is 261 Å². The fourth-order valence-corrected chi connectivity index (χ4v) is 9.17. The Morgan fingerprint density at radius 3 is 0.586 bits per heavy atom. The Bertz CT molecular complexity index is 602. The van der Waals surface area contributed by atoms with Crippen LogP contribution in [0.15, 0.2) is 0 Å². The summed E-state index contributed by atoms with van der Waals surface area (Å²) in [6.07, 6.45) is 0. The van der Waals surface area contributed by atoms with Crippen LogP contribution in [0.1, 0.15) is 0 Å². The van der Waals surface area contributed by atoms with Crippen LogP contribution in [0, 0.1) is 0 Å². The Morgan fingerprint density at radius 2 is 0.414 bits per heavy atom. The fourth-order valence-electron chi connectivity index (χ4n) is 1.95. The first-order chi connectivity index (χ1) is 12.2. The van der Waals surface area contributed by atoms with E-state index in [0.29, 0.717) is 0 Å². The van der Waals surface area contributed by atoms with Crippen molar-refractivity contribution < 1.29 is 0 Å². The zero-order valence-corrected chi connectivity index (χ0v) is 26.6. The van der Waals surface area contributed by atoms with Crippen LogP contribution in [0.4, 0.5) is 0 Å². The van der Waals surface area contributed by atoms with Crippen LogP contribution in [0.25, 0.3) is 0 Å². The first-order valence-electron chi connectivity index (χ1n) is 6.20. The summed E-state index contributed by atoms with van der Waals surface area (Å²) < 4.78 is -26.2. The molecule has 0 radical (unpaired) electrons. The fraction of sp³-hybridized carbons (Fsp3) is 1.00. The average molecular weight is 795 g/mol. The van der Waals surface area contributed by atoms with Gasteiger partial charge in [0.25, 0.3) is 0 Å². The lowest BCUT2D eigenvalue weighted by Crippen LogP contribution is -2.76. The maximum atomic E-state index is 6.26. The molecule has 0 saturated heterocycles. The van der Waals surface area contributed by atoms with Crippen LogP contribution in [0.5, 0.6) is 0 Å². The van der Waals surface area contributed by atoms with Crippen LogP contribution in [0.2, 0.25) is 0 Å². The third-order valence-electron chi connectivity index (χ3n) is 3.84. The van der Waals surface area contributed by atoms with Gasteiger partial charge in [-0.3, -0.25) is 0 Å². The molecule has 0 N–H and O–H groups in total. The lowest BCUT2D eigenvalue weighted by molar-refractivity contribution is 0.383. The summed E-state index contributed by atoms with van der Waals surface area (Å²) in [5.74, 6) is 0. The zero-order valence-electron chi connectivity index (χ0n) is 12.3. The van der Waals surface area contributed by atoms with Crippen molar-refractivity contribution in [3.05, 3.63) is 0 Å². The minimum Gasteiger partial charge on any atom is -0.116 e. The molecule has 0 nitrogen and oxygen atoms in total. The van der Waals surface area contributed by atoms with Gasteiger partial charge in [-0.05, 0) is 0 Å². The normalized spacial score (nSPS) is 33.6. The topological polar surface area (TPSA) is 0 Å². The molecule has 0 unspecified atom stereocenters. The Kier molecular flexibility index (Phi) is 10.2. The number of halogens is 19. The smallest absolute Gasteiger partial charge is 0.116 e. The molecule has 0 aromatic carbocycles. The van der Waals surface area contributed by atoms with Gasteiger partial charge < -0.3 is 0 Å². The molecule has 1 aliphatic carbocycles. The van der Waals surface area contributed by atoms with Crippen molar-refractivity contribution in [2.45, 2.75) is 44.4 Å². The van der Waals surface area contributed by atoms with Crippen molar-refractivity contribution in [3.8, 4) is 0 Å². The Balaban J connectivity index is 4.23. The van der Waals surface area contributed by atoms with Gasteiger partial charge in [0.15, 0.2) is 39.0 Å². The van der Waals surface area contributed by atoms with Crippen molar-refractivity contribution in [1.82, 2.24) is 0 Å². The molecule has 0 amide bonds. The molecular formula is C10HCl19. The van der Waals surface area contributed by atoms with E-state index in [1.54, 1.807) is 0 Å². The quantitative estimate of drug-likeness (QED) is 0.214. The highest BCUT2D eigenvalue weighted by Gasteiger charge is 2.86. The lowest BCUT2D eigenvalue weighted by Gasteiger charge is -2.59. The van der Waals surface area contributed by atoms with E-state index in [1.807, 2.05) is 0 Å². The molecule has 1 rings (SSSR count). The molecule has 0 spiro atoms. The molecule has 1 saturated carbocycles. The second kappa shape index (κ2) is 9.06. The van der Waals surface area contributed by atoms with Crippen LogP contribution < -0.4 is 0 Å². The molecule has 0 atom stereocenters. The molecule has 0 aliphatic heterocycles. The third-order valence-corrected chi connectivity index (χ3v) is 18.0. The van der Waals surface area contributed by atoms with E-state index in [-0.39, 0.29) is 0 Å². The van der Waals surface area contributed by atoms with Gasteiger partial charge in [-0.25, -0.2) is 0 Å². The molecule has 0 aromatic heterocycles. The summed E-state index contributed by atoms with van der Waals surface area (Å²) in [6.45, 7) is 0. The van der Waals surface area contributed by atoms with E-state index in [4.69, 9.17) is 220 Å². The number of hydrogen-bond donors (Lipinski definition) is 0. The lowest BCUT2D eigenvalue weighted by atomic mass is 9.94. The van der Waals surface area contributed by atoms with Crippen LogP contribution >= 0.6 is 220 Å². The van der Waals surface area contributed by atoms with Crippen molar-refractivity contribution in [2.24, 2.45) is 0 Å². The van der Waals surface area contributed by atoms with E-state index >= 15 is 0 Å². The first kappa shape index (κ1) is 32.5. The highest BCUT2D eigenvalue weighted by atomic mass is 35.6. The molecule has 1 aliphatic rings. The van der Waals surface area contributed by atoms with Crippen molar-refractivity contribution in [2.75, 3.05) is 0 Å². The van der Waals surface area contributed by atoms with E-state index in [0.717, 1.165) is 0 Å². The zero-order chi connectivity index (χ0) is 24.1. The van der Waals surface area contributed by atoms with Gasteiger partial charge in [0.2, 0.25) is 0 Å². The van der Waals surface area contributed by atoms with E-state index in [9.17, 15) is 0 Å². The molecule has 29 heavy (non-hydrogen) atoms. The summed E-state index contributed by atoms with van der Waals surface area (Å²) in [5, 5.41) is -2.08. The molecule has 1 fully saturated rings. The number of hydrogen-bond acceptors (Lipinski definition) is 0. The minimum absolute atomic E-state index is 2.08. The summed E-state index contributed by atoms with van der Waals surface area (Å²) >= 11 is 119. The summed E-state index contributed by atoms with van der Waals surface area (Å²) in [6, 6.07) is 0. The van der Waals surface area contributed by atoms with Crippen molar-refractivity contribution in [3.63, 3.8) is 0 Å². The number of alkyl halides is 19. The second-order valence-corrected chi connectivity index (χ2v) is 18.1. The van der Waals surface area contributed by atoms with Gasteiger partial charge in [0.1, 0.15) is 5.38 Å². The summed E-state index contributed by atoms with van der Waals surface area (Å²) in [7, 11) is 0. The van der Waals surface area contributed by atoms with Crippen molar-refractivity contribution >= 4 is 220 Å². The molecule has 19 heteroatoms. The van der Waals surface area contributed by atoms with Gasteiger partial charge in [-0.15, -0.1) is 11.6 Å².